The standard InChI is InChI=1S/C10H14O2.2C2H6/c1-4-6-9(5-2)7-8-10(11)12-3;2*1-2/h4-8H,1-3H3;2*1-2H3/b6-4-,8-7+,9-5+;;. The van der Waals surface area contributed by atoms with E-state index in [0.717, 1.165) is 5.57 Å². The summed E-state index contributed by atoms with van der Waals surface area (Å²) in [6.45, 7) is 11.8. The fourth-order valence-corrected chi connectivity index (χ4v) is 0.673. The fourth-order valence-electron chi connectivity index (χ4n) is 0.673. The van der Waals surface area contributed by atoms with E-state index in [4.69, 9.17) is 0 Å². The fraction of sp³-hybridized carbons (Fsp3) is 0.500. The molecule has 0 bridgehead atoms. The van der Waals surface area contributed by atoms with Gasteiger partial charge in [0.1, 0.15) is 0 Å². The van der Waals surface area contributed by atoms with Crippen molar-refractivity contribution >= 4 is 5.97 Å². The van der Waals surface area contributed by atoms with Crippen LogP contribution in [-0.4, -0.2) is 13.1 Å². The highest BCUT2D eigenvalue weighted by Gasteiger charge is 1.89. The van der Waals surface area contributed by atoms with Crippen LogP contribution in [0.1, 0.15) is 41.5 Å². The molecule has 0 amide bonds. The zero-order chi connectivity index (χ0) is 13.4. The van der Waals surface area contributed by atoms with Gasteiger partial charge in [-0.15, -0.1) is 0 Å². The normalized spacial score (nSPS) is 10.3. The molecule has 94 valence electrons. The van der Waals surface area contributed by atoms with E-state index in [0.29, 0.717) is 0 Å². The molecule has 0 aliphatic heterocycles. The lowest BCUT2D eigenvalue weighted by atomic mass is 10.2. The molecule has 0 aliphatic carbocycles. The van der Waals surface area contributed by atoms with Crippen molar-refractivity contribution in [2.45, 2.75) is 41.5 Å². The molecular weight excluding hydrogens is 200 g/mol. The van der Waals surface area contributed by atoms with Crippen LogP contribution in [0, 0.1) is 0 Å². The van der Waals surface area contributed by atoms with E-state index in [1.54, 1.807) is 6.08 Å². The third kappa shape index (κ3) is 15.2. The van der Waals surface area contributed by atoms with Gasteiger partial charge in [-0.1, -0.05) is 45.9 Å². The molecule has 0 rings (SSSR count). The molecule has 16 heavy (non-hydrogen) atoms. The maximum atomic E-state index is 10.7. The van der Waals surface area contributed by atoms with E-state index < -0.39 is 0 Å². The quantitative estimate of drug-likeness (QED) is 0.407. The second-order valence-corrected chi connectivity index (χ2v) is 2.15. The number of ether oxygens (including phenoxy) is 1. The maximum absolute atomic E-state index is 10.7. The van der Waals surface area contributed by atoms with E-state index in [9.17, 15) is 4.79 Å². The lowest BCUT2D eigenvalue weighted by Crippen LogP contribution is -1.93. The number of esters is 1. The summed E-state index contributed by atoms with van der Waals surface area (Å²) in [7, 11) is 1.36. The number of rotatable bonds is 3. The van der Waals surface area contributed by atoms with E-state index in [1.165, 1.54) is 13.2 Å². The molecule has 0 atom stereocenters. The summed E-state index contributed by atoms with van der Waals surface area (Å²) in [5, 5.41) is 0. The predicted molar refractivity (Wildman–Crippen MR) is 72.4 cm³/mol. The minimum atomic E-state index is -0.334. The van der Waals surface area contributed by atoms with Crippen LogP contribution in [-0.2, 0) is 9.53 Å². The Morgan fingerprint density at radius 1 is 0.938 bits per heavy atom. The van der Waals surface area contributed by atoms with Gasteiger partial charge in [-0.3, -0.25) is 0 Å². The number of methoxy groups -OCH3 is 1. The monoisotopic (exact) mass is 226 g/mol. The van der Waals surface area contributed by atoms with Gasteiger partial charge in [0, 0.05) is 6.08 Å². The lowest BCUT2D eigenvalue weighted by molar-refractivity contribution is -0.134. The van der Waals surface area contributed by atoms with Crippen LogP contribution in [0.3, 0.4) is 0 Å². The van der Waals surface area contributed by atoms with Gasteiger partial charge in [0.25, 0.3) is 0 Å². The number of carbonyl (C=O) groups excluding carboxylic acids is 1. The van der Waals surface area contributed by atoms with Gasteiger partial charge in [-0.05, 0) is 25.5 Å². The second kappa shape index (κ2) is 19.3. The van der Waals surface area contributed by atoms with Crippen molar-refractivity contribution in [2.24, 2.45) is 0 Å². The molecule has 0 aliphatic rings. The molecule has 0 aromatic heterocycles. The summed E-state index contributed by atoms with van der Waals surface area (Å²) in [5.74, 6) is -0.334. The first-order valence-electron chi connectivity index (χ1n) is 5.79. The first-order valence-corrected chi connectivity index (χ1v) is 5.79. The van der Waals surface area contributed by atoms with E-state index in [1.807, 2.05) is 59.8 Å². The highest BCUT2D eigenvalue weighted by atomic mass is 16.5. The Hall–Kier alpha value is -1.31. The Morgan fingerprint density at radius 2 is 1.44 bits per heavy atom. The summed E-state index contributed by atoms with van der Waals surface area (Å²) >= 11 is 0. The topological polar surface area (TPSA) is 26.3 Å². The molecule has 2 nitrogen and oxygen atoms in total. The summed E-state index contributed by atoms with van der Waals surface area (Å²) in [6, 6.07) is 0. The summed E-state index contributed by atoms with van der Waals surface area (Å²) < 4.78 is 4.45. The molecule has 0 radical (unpaired) electrons. The molecule has 0 aromatic carbocycles. The van der Waals surface area contributed by atoms with Gasteiger partial charge >= 0.3 is 5.97 Å². The van der Waals surface area contributed by atoms with Crippen molar-refractivity contribution in [3.63, 3.8) is 0 Å². The molecule has 2 heteroatoms. The first-order chi connectivity index (χ1) is 7.74. The molecular formula is C14H26O2. The van der Waals surface area contributed by atoms with Gasteiger partial charge in [0.05, 0.1) is 7.11 Å². The minimum Gasteiger partial charge on any atom is -0.466 e. The van der Waals surface area contributed by atoms with Gasteiger partial charge in [-0.2, -0.15) is 0 Å². The van der Waals surface area contributed by atoms with Crippen molar-refractivity contribution in [3.8, 4) is 0 Å². The summed E-state index contributed by atoms with van der Waals surface area (Å²) in [5.41, 5.74) is 0.989. The van der Waals surface area contributed by atoms with E-state index >= 15 is 0 Å². The number of hydrogen-bond acceptors (Lipinski definition) is 2. The Kier molecular flexibility index (Phi) is 24.3. The van der Waals surface area contributed by atoms with Crippen LogP contribution in [0.25, 0.3) is 0 Å². The van der Waals surface area contributed by atoms with Crippen LogP contribution in [0.4, 0.5) is 0 Å². The van der Waals surface area contributed by atoms with Crippen molar-refractivity contribution in [2.75, 3.05) is 7.11 Å². The molecule has 0 fully saturated rings. The molecule has 0 aromatic rings. The van der Waals surface area contributed by atoms with E-state index in [-0.39, 0.29) is 5.97 Å². The van der Waals surface area contributed by atoms with Crippen LogP contribution in [0.5, 0.6) is 0 Å². The molecule has 0 N–H and O–H groups in total. The van der Waals surface area contributed by atoms with Crippen molar-refractivity contribution in [1.82, 2.24) is 0 Å². The van der Waals surface area contributed by atoms with Crippen molar-refractivity contribution in [1.29, 1.82) is 0 Å². The second-order valence-electron chi connectivity index (χ2n) is 2.15. The average molecular weight is 226 g/mol. The van der Waals surface area contributed by atoms with E-state index in [2.05, 4.69) is 4.74 Å². The predicted octanol–water partition coefficient (Wildman–Crippen LogP) is 4.29. The van der Waals surface area contributed by atoms with Crippen molar-refractivity contribution < 1.29 is 9.53 Å². The number of carbonyl (C=O) groups is 1. The summed E-state index contributed by atoms with van der Waals surface area (Å²) in [6.07, 6.45) is 8.86. The van der Waals surface area contributed by atoms with Crippen LogP contribution in [0.2, 0.25) is 0 Å². The zero-order valence-corrected chi connectivity index (χ0v) is 11.7. The third-order valence-electron chi connectivity index (χ3n) is 1.31. The molecule has 0 saturated heterocycles. The molecule has 0 spiro atoms. The minimum absolute atomic E-state index is 0.334. The highest BCUT2D eigenvalue weighted by molar-refractivity contribution is 5.82. The number of hydrogen-bond donors (Lipinski definition) is 0. The van der Waals surface area contributed by atoms with Gasteiger partial charge in [0.15, 0.2) is 0 Å². The molecule has 0 heterocycles. The zero-order valence-electron chi connectivity index (χ0n) is 11.7. The first kappa shape index (κ1) is 20.1. The van der Waals surface area contributed by atoms with Crippen LogP contribution >= 0.6 is 0 Å². The Labute approximate surface area is 101 Å². The third-order valence-corrected chi connectivity index (χ3v) is 1.31. The molecule has 0 unspecified atom stereocenters. The Bertz CT molecular complexity index is 223. The van der Waals surface area contributed by atoms with Gasteiger partial charge in [-0.25, -0.2) is 4.79 Å². The highest BCUT2D eigenvalue weighted by Crippen LogP contribution is 1.98. The largest absolute Gasteiger partial charge is 0.466 e. The van der Waals surface area contributed by atoms with Gasteiger partial charge < -0.3 is 4.74 Å². The maximum Gasteiger partial charge on any atom is 0.330 e. The van der Waals surface area contributed by atoms with Gasteiger partial charge in [0.2, 0.25) is 0 Å². The lowest BCUT2D eigenvalue weighted by Gasteiger charge is -1.91. The van der Waals surface area contributed by atoms with Crippen molar-refractivity contribution in [3.05, 3.63) is 36.0 Å². The smallest absolute Gasteiger partial charge is 0.330 e. The van der Waals surface area contributed by atoms with Crippen LogP contribution < -0.4 is 0 Å². The average Bonchev–Trinajstić information content (AvgIpc) is 2.38. The number of allylic oxidation sites excluding steroid dienone is 5. The Morgan fingerprint density at radius 3 is 1.75 bits per heavy atom. The molecule has 0 saturated carbocycles. The SMILES string of the molecule is CC.CC.C\C=C/C(/C=C/C(=O)OC)=C\C. The Balaban J connectivity index is -0.000000376. The van der Waals surface area contributed by atoms with Crippen LogP contribution in [0.15, 0.2) is 36.0 Å². The summed E-state index contributed by atoms with van der Waals surface area (Å²) in [4.78, 5) is 10.7.